The van der Waals surface area contributed by atoms with Gasteiger partial charge in [0.15, 0.2) is 17.4 Å². The minimum Gasteiger partial charge on any atom is -0.494 e. The molecule has 0 unspecified atom stereocenters. The van der Waals surface area contributed by atoms with Crippen molar-refractivity contribution in [3.8, 4) is 5.75 Å². The maximum Gasteiger partial charge on any atom is 0.267 e. The van der Waals surface area contributed by atoms with Crippen molar-refractivity contribution < 1.29 is 18.3 Å². The molecule has 2 N–H and O–H groups in total. The standard InChI is InChI=1S/C11H8F2N2O2/c1-17-8-4-6(12)10-5(9(8)13)2-3-7(15-10)11(14)16/h2-4H,1H3,(H2,14,16). The lowest BCUT2D eigenvalue weighted by molar-refractivity contribution is 0.0996. The largest absolute Gasteiger partial charge is 0.494 e. The molecule has 1 amide bonds. The number of rotatable bonds is 2. The first kappa shape index (κ1) is 11.3. The third-order valence-corrected chi connectivity index (χ3v) is 2.30. The summed E-state index contributed by atoms with van der Waals surface area (Å²) in [6.45, 7) is 0. The van der Waals surface area contributed by atoms with Crippen molar-refractivity contribution in [2.24, 2.45) is 5.73 Å². The van der Waals surface area contributed by atoms with Gasteiger partial charge in [0, 0.05) is 11.5 Å². The molecule has 0 aliphatic heterocycles. The summed E-state index contributed by atoms with van der Waals surface area (Å²) >= 11 is 0. The van der Waals surface area contributed by atoms with Crippen LogP contribution in [0, 0.1) is 11.6 Å². The number of fused-ring (bicyclic) bond motifs is 1. The quantitative estimate of drug-likeness (QED) is 0.864. The van der Waals surface area contributed by atoms with Crippen molar-refractivity contribution in [3.63, 3.8) is 0 Å². The highest BCUT2D eigenvalue weighted by atomic mass is 19.1. The highest BCUT2D eigenvalue weighted by molar-refractivity contribution is 5.94. The van der Waals surface area contributed by atoms with Crippen LogP contribution in [0.15, 0.2) is 18.2 Å². The van der Waals surface area contributed by atoms with Gasteiger partial charge in [-0.1, -0.05) is 0 Å². The van der Waals surface area contributed by atoms with Crippen molar-refractivity contribution in [2.75, 3.05) is 7.11 Å². The number of aromatic nitrogens is 1. The van der Waals surface area contributed by atoms with Crippen LogP contribution in [0.1, 0.15) is 10.5 Å². The van der Waals surface area contributed by atoms with Crippen LogP contribution >= 0.6 is 0 Å². The zero-order valence-corrected chi connectivity index (χ0v) is 8.83. The predicted molar refractivity (Wildman–Crippen MR) is 56.7 cm³/mol. The summed E-state index contributed by atoms with van der Waals surface area (Å²) in [5.41, 5.74) is 4.63. The molecule has 88 valence electrons. The highest BCUT2D eigenvalue weighted by Gasteiger charge is 2.15. The van der Waals surface area contributed by atoms with Crippen LogP contribution in [0.3, 0.4) is 0 Å². The van der Waals surface area contributed by atoms with E-state index in [-0.39, 0.29) is 22.3 Å². The van der Waals surface area contributed by atoms with E-state index in [9.17, 15) is 13.6 Å². The summed E-state index contributed by atoms with van der Waals surface area (Å²) in [5, 5.41) is -0.0631. The number of primary amides is 1. The maximum atomic E-state index is 13.7. The summed E-state index contributed by atoms with van der Waals surface area (Å²) in [4.78, 5) is 14.5. The Kier molecular flexibility index (Phi) is 2.63. The zero-order chi connectivity index (χ0) is 12.6. The maximum absolute atomic E-state index is 13.7. The first-order chi connectivity index (χ1) is 8.04. The molecule has 0 spiro atoms. The Morgan fingerprint density at radius 1 is 1.41 bits per heavy atom. The number of hydrogen-bond acceptors (Lipinski definition) is 3. The van der Waals surface area contributed by atoms with Gasteiger partial charge in [0.2, 0.25) is 0 Å². The number of methoxy groups -OCH3 is 1. The minimum atomic E-state index is -0.803. The fraction of sp³-hybridized carbons (Fsp3) is 0.0909. The topological polar surface area (TPSA) is 65.2 Å². The number of pyridine rings is 1. The van der Waals surface area contributed by atoms with Gasteiger partial charge >= 0.3 is 0 Å². The van der Waals surface area contributed by atoms with E-state index in [4.69, 9.17) is 5.73 Å². The number of benzene rings is 1. The smallest absolute Gasteiger partial charge is 0.267 e. The van der Waals surface area contributed by atoms with Crippen molar-refractivity contribution in [1.82, 2.24) is 4.98 Å². The van der Waals surface area contributed by atoms with Crippen LogP contribution in [-0.4, -0.2) is 18.0 Å². The van der Waals surface area contributed by atoms with Gasteiger partial charge in [0.25, 0.3) is 5.91 Å². The van der Waals surface area contributed by atoms with Crippen molar-refractivity contribution in [2.45, 2.75) is 0 Å². The number of nitrogens with zero attached hydrogens (tertiary/aromatic N) is 1. The van der Waals surface area contributed by atoms with E-state index in [1.165, 1.54) is 19.2 Å². The number of carbonyl (C=O) groups is 1. The molecule has 6 heteroatoms. The monoisotopic (exact) mass is 238 g/mol. The Balaban J connectivity index is 2.80. The van der Waals surface area contributed by atoms with Crippen molar-refractivity contribution in [3.05, 3.63) is 35.5 Å². The second-order valence-corrected chi connectivity index (χ2v) is 3.33. The van der Waals surface area contributed by atoms with Gasteiger partial charge in [-0.2, -0.15) is 0 Å². The molecule has 1 aromatic heterocycles. The van der Waals surface area contributed by atoms with Crippen molar-refractivity contribution >= 4 is 16.8 Å². The summed E-state index contributed by atoms with van der Waals surface area (Å²) in [6.07, 6.45) is 0. The van der Waals surface area contributed by atoms with Crippen LogP contribution in [0.2, 0.25) is 0 Å². The molecule has 1 aromatic carbocycles. The molecular weight excluding hydrogens is 230 g/mol. The lowest BCUT2D eigenvalue weighted by Crippen LogP contribution is -2.13. The molecule has 4 nitrogen and oxygen atoms in total. The second-order valence-electron chi connectivity index (χ2n) is 3.33. The van der Waals surface area contributed by atoms with E-state index < -0.39 is 17.5 Å². The average molecular weight is 238 g/mol. The number of hydrogen-bond donors (Lipinski definition) is 1. The third kappa shape index (κ3) is 1.77. The number of halogens is 2. The van der Waals surface area contributed by atoms with E-state index in [1.54, 1.807) is 0 Å². The number of ether oxygens (including phenoxy) is 1. The number of nitrogens with two attached hydrogens (primary N) is 1. The first-order valence-electron chi connectivity index (χ1n) is 4.67. The molecule has 0 saturated carbocycles. The van der Waals surface area contributed by atoms with E-state index in [0.717, 1.165) is 6.07 Å². The Bertz CT molecular complexity index is 614. The average Bonchev–Trinajstić information content (AvgIpc) is 2.33. The van der Waals surface area contributed by atoms with Gasteiger partial charge in [0.05, 0.1) is 7.11 Å². The zero-order valence-electron chi connectivity index (χ0n) is 8.83. The van der Waals surface area contributed by atoms with Crippen LogP contribution in [-0.2, 0) is 0 Å². The van der Waals surface area contributed by atoms with Gasteiger partial charge < -0.3 is 10.5 Å². The lowest BCUT2D eigenvalue weighted by atomic mass is 10.1. The summed E-state index contributed by atoms with van der Waals surface area (Å²) in [7, 11) is 1.23. The van der Waals surface area contributed by atoms with Crippen molar-refractivity contribution in [1.29, 1.82) is 0 Å². The molecule has 0 aliphatic rings. The third-order valence-electron chi connectivity index (χ3n) is 2.30. The summed E-state index contributed by atoms with van der Waals surface area (Å²) in [5.74, 6) is -2.53. The predicted octanol–water partition coefficient (Wildman–Crippen LogP) is 1.62. The Morgan fingerprint density at radius 3 is 2.71 bits per heavy atom. The molecule has 2 aromatic rings. The van der Waals surface area contributed by atoms with Gasteiger partial charge in [-0.05, 0) is 12.1 Å². The van der Waals surface area contributed by atoms with Crippen LogP contribution in [0.5, 0.6) is 5.75 Å². The van der Waals surface area contributed by atoms with Crippen LogP contribution in [0.25, 0.3) is 10.9 Å². The summed E-state index contributed by atoms with van der Waals surface area (Å²) < 4.78 is 32.0. The van der Waals surface area contributed by atoms with Crippen LogP contribution < -0.4 is 10.5 Å². The molecule has 17 heavy (non-hydrogen) atoms. The second kappa shape index (κ2) is 3.97. The fourth-order valence-electron chi connectivity index (χ4n) is 1.48. The molecular formula is C11H8F2N2O2. The molecule has 0 atom stereocenters. The lowest BCUT2D eigenvalue weighted by Gasteiger charge is -2.06. The Morgan fingerprint density at radius 2 is 2.12 bits per heavy atom. The van der Waals surface area contributed by atoms with E-state index in [2.05, 4.69) is 9.72 Å². The van der Waals surface area contributed by atoms with E-state index >= 15 is 0 Å². The number of amides is 1. The number of carbonyl (C=O) groups excluding carboxylic acids is 1. The van der Waals surface area contributed by atoms with Gasteiger partial charge in [-0.15, -0.1) is 0 Å². The van der Waals surface area contributed by atoms with Gasteiger partial charge in [-0.3, -0.25) is 4.79 Å². The normalized spacial score (nSPS) is 10.5. The Labute approximate surface area is 95.0 Å². The molecule has 0 saturated heterocycles. The summed E-state index contributed by atoms with van der Waals surface area (Å²) in [6, 6.07) is 3.34. The Hall–Kier alpha value is -2.24. The SMILES string of the molecule is COc1cc(F)c2nc(C(N)=O)ccc2c1F. The van der Waals surface area contributed by atoms with Gasteiger partial charge in [-0.25, -0.2) is 13.8 Å². The first-order valence-corrected chi connectivity index (χ1v) is 4.67. The molecule has 1 heterocycles. The van der Waals surface area contributed by atoms with E-state index in [1.807, 2.05) is 0 Å². The highest BCUT2D eigenvalue weighted by Crippen LogP contribution is 2.27. The van der Waals surface area contributed by atoms with E-state index in [0.29, 0.717) is 0 Å². The van der Waals surface area contributed by atoms with Crippen LogP contribution in [0.4, 0.5) is 8.78 Å². The minimum absolute atomic E-state index is 0.0631. The molecule has 0 bridgehead atoms. The van der Waals surface area contributed by atoms with Gasteiger partial charge in [0.1, 0.15) is 11.2 Å². The molecule has 0 fully saturated rings. The molecule has 2 rings (SSSR count). The molecule has 0 radical (unpaired) electrons. The fourth-order valence-corrected chi connectivity index (χ4v) is 1.48. The molecule has 0 aliphatic carbocycles.